The molecule has 1 aromatic heterocycles. The number of carboxylic acid groups (broad SMARTS) is 1. The van der Waals surface area contributed by atoms with Gasteiger partial charge in [0.05, 0.1) is 21.7 Å². The Bertz CT molecular complexity index is 1100. The molecule has 1 aliphatic carbocycles. The van der Waals surface area contributed by atoms with Crippen molar-refractivity contribution in [3.05, 3.63) is 57.8 Å². The summed E-state index contributed by atoms with van der Waals surface area (Å²) in [5.74, 6) is -1.87. The van der Waals surface area contributed by atoms with Crippen molar-refractivity contribution in [3.8, 4) is 0 Å². The van der Waals surface area contributed by atoms with Crippen molar-refractivity contribution in [1.82, 2.24) is 15.6 Å². The third-order valence-electron chi connectivity index (χ3n) is 6.44. The standard InChI is InChI=1S/C25H28Cl2N4O4S.ClH/c26-18-12-28-13-19(27)22(18)24(33)30-15-7-5-14(6-8-15)9-21(25(34)35)31-23(32)20-10-17(11-29-20)36-16-3-1-2-4-16;/h5-8,12-13,16-17,20-21,29H,1-4,9-11H2,(H,30,33)(H,31,32)(H,34,35);1H/t17?,20-,21-;/m0./s1. The number of aliphatic carboxylic acids is 1. The SMILES string of the molecule is Cl.O=C(Nc1ccc(C[C@H](NC(=O)[C@@H]2CC(SC3CCCC3)CN2)C(=O)O)cc1)c1c(Cl)cncc1Cl. The zero-order valence-corrected chi connectivity index (χ0v) is 23.1. The largest absolute Gasteiger partial charge is 0.480 e. The predicted molar refractivity (Wildman–Crippen MR) is 149 cm³/mol. The second kappa shape index (κ2) is 13.7. The zero-order valence-electron chi connectivity index (χ0n) is 19.9. The van der Waals surface area contributed by atoms with E-state index in [2.05, 4.69) is 20.9 Å². The number of anilines is 1. The van der Waals surface area contributed by atoms with Gasteiger partial charge in [-0.1, -0.05) is 48.2 Å². The predicted octanol–water partition coefficient (Wildman–Crippen LogP) is 4.58. The van der Waals surface area contributed by atoms with E-state index in [-0.39, 0.29) is 46.4 Å². The fourth-order valence-corrected chi connectivity index (χ4v) is 6.74. The van der Waals surface area contributed by atoms with Crippen molar-refractivity contribution in [2.24, 2.45) is 0 Å². The van der Waals surface area contributed by atoms with E-state index in [1.807, 2.05) is 11.8 Å². The van der Waals surface area contributed by atoms with Gasteiger partial charge in [0.25, 0.3) is 5.91 Å². The number of nitrogens with zero attached hydrogens (tertiary/aromatic N) is 1. The topological polar surface area (TPSA) is 120 Å². The average molecular weight is 588 g/mol. The van der Waals surface area contributed by atoms with Crippen LogP contribution in [-0.4, -0.2) is 57.0 Å². The van der Waals surface area contributed by atoms with Gasteiger partial charge in [0.2, 0.25) is 5.91 Å². The number of aromatic nitrogens is 1. The van der Waals surface area contributed by atoms with Gasteiger partial charge in [-0.3, -0.25) is 14.6 Å². The Kier molecular flexibility index (Phi) is 10.9. The molecule has 8 nitrogen and oxygen atoms in total. The van der Waals surface area contributed by atoms with Crippen LogP contribution >= 0.6 is 47.4 Å². The van der Waals surface area contributed by atoms with Gasteiger partial charge in [-0.25, -0.2) is 4.79 Å². The molecule has 200 valence electrons. The van der Waals surface area contributed by atoms with Gasteiger partial charge >= 0.3 is 5.97 Å². The van der Waals surface area contributed by atoms with Gasteiger partial charge in [0.1, 0.15) is 6.04 Å². The summed E-state index contributed by atoms with van der Waals surface area (Å²) in [6, 6.07) is 5.28. The van der Waals surface area contributed by atoms with E-state index in [1.165, 1.54) is 38.1 Å². The number of carbonyl (C=O) groups is 3. The maximum absolute atomic E-state index is 12.8. The Balaban J connectivity index is 0.00000380. The molecule has 12 heteroatoms. The van der Waals surface area contributed by atoms with Gasteiger partial charge < -0.3 is 21.1 Å². The minimum absolute atomic E-state index is 0. The van der Waals surface area contributed by atoms with Crippen LogP contribution in [0.15, 0.2) is 36.7 Å². The van der Waals surface area contributed by atoms with Crippen molar-refractivity contribution in [3.63, 3.8) is 0 Å². The van der Waals surface area contributed by atoms with Crippen molar-refractivity contribution < 1.29 is 19.5 Å². The molecule has 4 rings (SSSR count). The van der Waals surface area contributed by atoms with E-state index in [4.69, 9.17) is 23.2 Å². The number of nitrogens with one attached hydrogen (secondary N) is 3. The molecule has 2 amide bonds. The fraction of sp³-hybridized carbons (Fsp3) is 0.440. The van der Waals surface area contributed by atoms with Gasteiger partial charge in [0.15, 0.2) is 0 Å². The molecule has 4 N–H and O–H groups in total. The summed E-state index contributed by atoms with van der Waals surface area (Å²) in [4.78, 5) is 41.0. The van der Waals surface area contributed by atoms with Crippen molar-refractivity contribution >= 4 is 70.8 Å². The minimum atomic E-state index is -1.10. The molecule has 1 unspecified atom stereocenters. The Labute approximate surface area is 236 Å². The molecule has 2 aliphatic rings. The van der Waals surface area contributed by atoms with E-state index in [0.29, 0.717) is 28.2 Å². The number of benzene rings is 1. The van der Waals surface area contributed by atoms with Gasteiger partial charge in [-0.2, -0.15) is 11.8 Å². The van der Waals surface area contributed by atoms with Crippen LogP contribution in [0, 0.1) is 0 Å². The molecule has 0 bridgehead atoms. The van der Waals surface area contributed by atoms with Crippen LogP contribution in [0.2, 0.25) is 10.0 Å². The average Bonchev–Trinajstić information content (AvgIpc) is 3.52. The third-order valence-corrected chi connectivity index (χ3v) is 8.61. The van der Waals surface area contributed by atoms with E-state index in [1.54, 1.807) is 24.3 Å². The van der Waals surface area contributed by atoms with Gasteiger partial charge in [-0.15, -0.1) is 12.4 Å². The third kappa shape index (κ3) is 7.97. The molecule has 2 fully saturated rings. The van der Waals surface area contributed by atoms with Crippen molar-refractivity contribution in [2.45, 2.75) is 61.1 Å². The summed E-state index contributed by atoms with van der Waals surface area (Å²) in [5.41, 5.74) is 1.31. The summed E-state index contributed by atoms with van der Waals surface area (Å²) < 4.78 is 0. The first-order chi connectivity index (χ1) is 17.3. The lowest BCUT2D eigenvalue weighted by Crippen LogP contribution is -2.49. The second-order valence-electron chi connectivity index (χ2n) is 9.09. The molecule has 1 aromatic carbocycles. The molecule has 2 heterocycles. The summed E-state index contributed by atoms with van der Waals surface area (Å²) >= 11 is 14.0. The fourth-order valence-electron chi connectivity index (χ4n) is 4.56. The van der Waals surface area contributed by atoms with E-state index < -0.39 is 17.9 Å². The minimum Gasteiger partial charge on any atom is -0.480 e. The number of thioether (sulfide) groups is 1. The second-order valence-corrected chi connectivity index (χ2v) is 11.5. The highest BCUT2D eigenvalue weighted by Gasteiger charge is 2.33. The molecule has 1 aliphatic heterocycles. The summed E-state index contributed by atoms with van der Waals surface area (Å²) in [7, 11) is 0. The molecule has 1 saturated heterocycles. The van der Waals surface area contributed by atoms with Crippen LogP contribution in [0.3, 0.4) is 0 Å². The molecular weight excluding hydrogens is 559 g/mol. The quantitative estimate of drug-likeness (QED) is 0.339. The highest BCUT2D eigenvalue weighted by molar-refractivity contribution is 8.00. The first kappa shape index (κ1) is 29.5. The lowest BCUT2D eigenvalue weighted by atomic mass is 10.0. The molecular formula is C25H29Cl3N4O4S. The number of amides is 2. The lowest BCUT2D eigenvalue weighted by molar-refractivity contribution is -0.142. The summed E-state index contributed by atoms with van der Waals surface area (Å²) in [5, 5.41) is 19.7. The Morgan fingerprint density at radius 2 is 1.73 bits per heavy atom. The van der Waals surface area contributed by atoms with Gasteiger partial charge in [0, 0.05) is 41.5 Å². The van der Waals surface area contributed by atoms with Crippen LogP contribution in [0.25, 0.3) is 0 Å². The molecule has 0 radical (unpaired) electrons. The maximum Gasteiger partial charge on any atom is 0.326 e. The van der Waals surface area contributed by atoms with Gasteiger partial charge in [-0.05, 0) is 37.0 Å². The number of hydrogen-bond acceptors (Lipinski definition) is 6. The number of halogens is 3. The number of carboxylic acids is 1. The van der Waals surface area contributed by atoms with Crippen molar-refractivity contribution in [2.75, 3.05) is 11.9 Å². The lowest BCUT2D eigenvalue weighted by Gasteiger charge is -2.18. The van der Waals surface area contributed by atoms with Crippen LogP contribution in [0.4, 0.5) is 5.69 Å². The monoisotopic (exact) mass is 586 g/mol. The number of pyridine rings is 1. The molecule has 37 heavy (non-hydrogen) atoms. The smallest absolute Gasteiger partial charge is 0.326 e. The summed E-state index contributed by atoms with van der Waals surface area (Å²) in [6.45, 7) is 0.764. The maximum atomic E-state index is 12.8. The first-order valence-electron chi connectivity index (χ1n) is 11.9. The van der Waals surface area contributed by atoms with Crippen LogP contribution in [0.5, 0.6) is 0 Å². The normalized spacial score (nSPS) is 20.2. The Morgan fingerprint density at radius 1 is 1.08 bits per heavy atom. The number of rotatable bonds is 9. The molecule has 0 spiro atoms. The molecule has 2 aromatic rings. The molecule has 1 saturated carbocycles. The number of carbonyl (C=O) groups excluding carboxylic acids is 2. The highest BCUT2D eigenvalue weighted by Crippen LogP contribution is 2.35. The van der Waals surface area contributed by atoms with E-state index in [9.17, 15) is 19.5 Å². The van der Waals surface area contributed by atoms with Crippen molar-refractivity contribution in [1.29, 1.82) is 0 Å². The highest BCUT2D eigenvalue weighted by atomic mass is 35.5. The first-order valence-corrected chi connectivity index (χ1v) is 13.6. The Hall–Kier alpha value is -2.04. The molecule has 3 atom stereocenters. The van der Waals surface area contributed by atoms with Crippen LogP contribution < -0.4 is 16.0 Å². The van der Waals surface area contributed by atoms with Crippen LogP contribution in [-0.2, 0) is 16.0 Å². The summed E-state index contributed by atoms with van der Waals surface area (Å²) in [6.07, 6.45) is 8.54. The van der Waals surface area contributed by atoms with E-state index >= 15 is 0 Å². The Morgan fingerprint density at radius 3 is 2.35 bits per heavy atom. The van der Waals surface area contributed by atoms with Crippen LogP contribution in [0.1, 0.15) is 48.0 Å². The number of hydrogen-bond donors (Lipinski definition) is 4. The van der Waals surface area contributed by atoms with E-state index in [0.717, 1.165) is 6.54 Å². The zero-order chi connectivity index (χ0) is 25.7.